The predicted octanol–water partition coefficient (Wildman–Crippen LogP) is 1.21. The van der Waals surface area contributed by atoms with Gasteiger partial charge in [0.2, 0.25) is 0 Å². The maximum absolute atomic E-state index is 11.1. The van der Waals surface area contributed by atoms with Crippen LogP contribution in [0, 0.1) is 5.92 Å². The first-order valence-electron chi connectivity index (χ1n) is 3.54. The molecule has 0 bridgehead atoms. The Morgan fingerprint density at radius 3 is 2.80 bits per heavy atom. The molecule has 1 saturated carbocycles. The molecule has 0 spiro atoms. The molecule has 1 unspecified atom stereocenters. The predicted molar refractivity (Wildman–Crippen MR) is 37.2 cm³/mol. The zero-order valence-corrected chi connectivity index (χ0v) is 6.00. The Bertz CT molecular complexity index is 174. The number of hydrogen-bond acceptors (Lipinski definition) is 3. The molecule has 1 fully saturated rings. The topological polar surface area (TPSA) is 49.7 Å². The zero-order valence-electron chi connectivity index (χ0n) is 6.00. The molecule has 1 aliphatic carbocycles. The highest BCUT2D eigenvalue weighted by molar-refractivity contribution is 6.42. The van der Waals surface area contributed by atoms with Gasteiger partial charge in [0, 0.05) is 5.92 Å². The molecule has 0 aromatic rings. The fourth-order valence-corrected chi connectivity index (χ4v) is 1.29. The summed E-state index contributed by atoms with van der Waals surface area (Å²) in [5, 5.41) is 11.3. The van der Waals surface area contributed by atoms with Crippen molar-refractivity contribution in [2.24, 2.45) is 11.1 Å². The first-order valence-corrected chi connectivity index (χ1v) is 3.54. The van der Waals surface area contributed by atoms with Crippen molar-refractivity contribution >= 4 is 11.5 Å². The number of carbonyl (C=O) groups is 1. The minimum absolute atomic E-state index is 0.0324. The summed E-state index contributed by atoms with van der Waals surface area (Å²) < 4.78 is 0. The van der Waals surface area contributed by atoms with E-state index < -0.39 is 0 Å². The smallest absolute Gasteiger partial charge is 0.183 e. The molecule has 10 heavy (non-hydrogen) atoms. The summed E-state index contributed by atoms with van der Waals surface area (Å²) >= 11 is 0. The van der Waals surface area contributed by atoms with Crippen molar-refractivity contribution < 1.29 is 10.0 Å². The van der Waals surface area contributed by atoms with Crippen LogP contribution in [0.5, 0.6) is 0 Å². The summed E-state index contributed by atoms with van der Waals surface area (Å²) in [4.78, 5) is 11.1. The van der Waals surface area contributed by atoms with Gasteiger partial charge in [-0.3, -0.25) is 4.79 Å². The van der Waals surface area contributed by atoms with Crippen LogP contribution in [0.1, 0.15) is 26.2 Å². The van der Waals surface area contributed by atoms with Crippen LogP contribution in [0.4, 0.5) is 0 Å². The van der Waals surface area contributed by atoms with Crippen molar-refractivity contribution in [2.75, 3.05) is 0 Å². The van der Waals surface area contributed by atoms with E-state index in [9.17, 15) is 4.79 Å². The number of hydrogen-bond donors (Lipinski definition) is 1. The quantitative estimate of drug-likeness (QED) is 0.440. The molecule has 1 atom stereocenters. The number of carbonyl (C=O) groups excluding carboxylic acids is 1. The van der Waals surface area contributed by atoms with Crippen molar-refractivity contribution in [3.63, 3.8) is 0 Å². The first kappa shape index (κ1) is 7.25. The van der Waals surface area contributed by atoms with Gasteiger partial charge in [-0.05, 0) is 19.3 Å². The largest absolute Gasteiger partial charge is 0.411 e. The van der Waals surface area contributed by atoms with E-state index >= 15 is 0 Å². The molecule has 0 saturated heterocycles. The SMILES string of the molecule is CCC1CC/C(=N\O)C1=O. The van der Waals surface area contributed by atoms with E-state index in [1.54, 1.807) is 0 Å². The summed E-state index contributed by atoms with van der Waals surface area (Å²) in [6.07, 6.45) is 2.36. The minimum atomic E-state index is 0.0324. The van der Waals surface area contributed by atoms with Gasteiger partial charge in [0.15, 0.2) is 5.78 Å². The molecular weight excluding hydrogens is 130 g/mol. The van der Waals surface area contributed by atoms with Crippen LogP contribution in [0.3, 0.4) is 0 Å². The average molecular weight is 141 g/mol. The van der Waals surface area contributed by atoms with Crippen molar-refractivity contribution in [2.45, 2.75) is 26.2 Å². The lowest BCUT2D eigenvalue weighted by atomic mass is 10.0. The molecule has 0 heterocycles. The first-order chi connectivity index (χ1) is 4.79. The second-order valence-electron chi connectivity index (χ2n) is 2.55. The van der Waals surface area contributed by atoms with Gasteiger partial charge in [-0.25, -0.2) is 0 Å². The van der Waals surface area contributed by atoms with E-state index in [-0.39, 0.29) is 11.7 Å². The fraction of sp³-hybridized carbons (Fsp3) is 0.714. The molecule has 3 nitrogen and oxygen atoms in total. The third-order valence-corrected chi connectivity index (χ3v) is 2.00. The standard InChI is InChI=1S/C7H11NO2/c1-2-5-3-4-6(8-10)7(5)9/h5,10H,2-4H2,1H3/b8-6+. The third-order valence-electron chi connectivity index (χ3n) is 2.00. The Labute approximate surface area is 59.7 Å². The Morgan fingerprint density at radius 2 is 2.50 bits per heavy atom. The van der Waals surface area contributed by atoms with Crippen LogP contribution in [0.2, 0.25) is 0 Å². The van der Waals surface area contributed by atoms with Crippen LogP contribution in [0.25, 0.3) is 0 Å². The molecule has 0 aliphatic heterocycles. The molecule has 0 aromatic heterocycles. The maximum atomic E-state index is 11.1. The summed E-state index contributed by atoms with van der Waals surface area (Å²) in [5.41, 5.74) is 0.354. The lowest BCUT2D eigenvalue weighted by Crippen LogP contribution is -2.12. The number of oxime groups is 1. The second kappa shape index (κ2) is 2.82. The molecule has 0 radical (unpaired) electrons. The Balaban J connectivity index is 2.67. The van der Waals surface area contributed by atoms with Gasteiger partial charge < -0.3 is 5.21 Å². The molecular formula is C7H11NO2. The Hall–Kier alpha value is -0.860. The summed E-state index contributed by atoms with van der Waals surface area (Å²) in [5.74, 6) is 0.149. The lowest BCUT2D eigenvalue weighted by Gasteiger charge is -1.98. The fourth-order valence-electron chi connectivity index (χ4n) is 1.29. The van der Waals surface area contributed by atoms with E-state index in [1.807, 2.05) is 6.92 Å². The monoisotopic (exact) mass is 141 g/mol. The molecule has 1 rings (SSSR count). The summed E-state index contributed by atoms with van der Waals surface area (Å²) in [6, 6.07) is 0. The molecule has 0 aromatic carbocycles. The van der Waals surface area contributed by atoms with Gasteiger partial charge in [-0.2, -0.15) is 0 Å². The number of rotatable bonds is 1. The van der Waals surface area contributed by atoms with Gasteiger partial charge in [0.25, 0.3) is 0 Å². The Kier molecular flexibility index (Phi) is 2.04. The summed E-state index contributed by atoms with van der Waals surface area (Å²) in [7, 11) is 0. The highest BCUT2D eigenvalue weighted by atomic mass is 16.4. The van der Waals surface area contributed by atoms with Crippen LogP contribution < -0.4 is 0 Å². The van der Waals surface area contributed by atoms with Crippen LogP contribution in [0.15, 0.2) is 5.16 Å². The second-order valence-corrected chi connectivity index (χ2v) is 2.55. The van der Waals surface area contributed by atoms with Crippen LogP contribution in [-0.4, -0.2) is 16.7 Å². The normalized spacial score (nSPS) is 29.9. The van der Waals surface area contributed by atoms with Crippen molar-refractivity contribution in [3.05, 3.63) is 0 Å². The van der Waals surface area contributed by atoms with E-state index in [0.29, 0.717) is 12.1 Å². The summed E-state index contributed by atoms with van der Waals surface area (Å²) in [6.45, 7) is 1.98. The van der Waals surface area contributed by atoms with Gasteiger partial charge in [-0.15, -0.1) is 0 Å². The van der Waals surface area contributed by atoms with Gasteiger partial charge >= 0.3 is 0 Å². The lowest BCUT2D eigenvalue weighted by molar-refractivity contribution is -0.115. The van der Waals surface area contributed by atoms with E-state index in [4.69, 9.17) is 5.21 Å². The van der Waals surface area contributed by atoms with Crippen molar-refractivity contribution in [3.8, 4) is 0 Å². The molecule has 3 heteroatoms. The minimum Gasteiger partial charge on any atom is -0.411 e. The highest BCUT2D eigenvalue weighted by Gasteiger charge is 2.29. The number of ketones is 1. The van der Waals surface area contributed by atoms with E-state index in [0.717, 1.165) is 12.8 Å². The van der Waals surface area contributed by atoms with Crippen molar-refractivity contribution in [1.29, 1.82) is 0 Å². The third kappa shape index (κ3) is 1.03. The average Bonchev–Trinajstić information content (AvgIpc) is 2.30. The maximum Gasteiger partial charge on any atom is 0.183 e. The van der Waals surface area contributed by atoms with Crippen LogP contribution in [-0.2, 0) is 4.79 Å². The highest BCUT2D eigenvalue weighted by Crippen LogP contribution is 2.21. The van der Waals surface area contributed by atoms with Gasteiger partial charge in [0.1, 0.15) is 5.71 Å². The number of nitrogens with zero attached hydrogens (tertiary/aromatic N) is 1. The molecule has 0 amide bonds. The number of Topliss-reactive ketones (excluding diaryl/α,β-unsaturated/α-hetero) is 1. The van der Waals surface area contributed by atoms with E-state index in [1.165, 1.54) is 0 Å². The molecule has 56 valence electrons. The van der Waals surface area contributed by atoms with Crippen molar-refractivity contribution in [1.82, 2.24) is 0 Å². The molecule has 1 N–H and O–H groups in total. The van der Waals surface area contributed by atoms with Gasteiger partial charge in [-0.1, -0.05) is 12.1 Å². The zero-order chi connectivity index (χ0) is 7.56. The molecule has 1 aliphatic rings. The Morgan fingerprint density at radius 1 is 1.80 bits per heavy atom. The van der Waals surface area contributed by atoms with E-state index in [2.05, 4.69) is 5.16 Å². The van der Waals surface area contributed by atoms with Gasteiger partial charge in [0.05, 0.1) is 0 Å². The van der Waals surface area contributed by atoms with Crippen LogP contribution >= 0.6 is 0 Å².